The molecule has 0 spiro atoms. The fraction of sp³-hybridized carbons (Fsp3) is 0.412. The van der Waals surface area contributed by atoms with E-state index in [-0.39, 0.29) is 0 Å². The molecule has 0 saturated heterocycles. The maximum atomic E-state index is 5.79. The maximum Gasteiger partial charge on any atom is 0.238 e. The van der Waals surface area contributed by atoms with Crippen molar-refractivity contribution >= 4 is 0 Å². The summed E-state index contributed by atoms with van der Waals surface area (Å²) in [4.78, 5) is 0. The number of aryl methyl sites for hydroxylation is 2. The Kier molecular flexibility index (Phi) is 4.15. The number of fused-ring (bicyclic) bond motifs is 1. The van der Waals surface area contributed by atoms with Crippen molar-refractivity contribution in [3.05, 3.63) is 47.2 Å². The lowest BCUT2D eigenvalue weighted by Gasteiger charge is -2.08. The second-order valence-electron chi connectivity index (χ2n) is 5.78. The molecule has 110 valence electrons. The van der Waals surface area contributed by atoms with Crippen LogP contribution in [-0.4, -0.2) is 16.2 Å². The van der Waals surface area contributed by atoms with Crippen molar-refractivity contribution in [3.63, 3.8) is 0 Å². The third kappa shape index (κ3) is 3.58. The van der Waals surface area contributed by atoms with Crippen LogP contribution < -0.4 is 10.1 Å². The summed E-state index contributed by atoms with van der Waals surface area (Å²) in [6, 6.07) is 10.6. The molecule has 0 atom stereocenters. The molecular formula is C17H21N3O. The van der Waals surface area contributed by atoms with Gasteiger partial charge >= 0.3 is 0 Å². The van der Waals surface area contributed by atoms with Crippen LogP contribution in [0.2, 0.25) is 0 Å². The van der Waals surface area contributed by atoms with Gasteiger partial charge in [0.2, 0.25) is 5.88 Å². The highest BCUT2D eigenvalue weighted by atomic mass is 16.5. The maximum absolute atomic E-state index is 5.79. The number of nitrogens with one attached hydrogen (secondary N) is 1. The van der Waals surface area contributed by atoms with Gasteiger partial charge in [-0.2, -0.15) is 5.10 Å². The van der Waals surface area contributed by atoms with Gasteiger partial charge in [0.15, 0.2) is 0 Å². The molecule has 2 aromatic rings. The van der Waals surface area contributed by atoms with Crippen molar-refractivity contribution in [3.8, 4) is 11.6 Å². The summed E-state index contributed by atoms with van der Waals surface area (Å²) in [6.45, 7) is 4.95. The van der Waals surface area contributed by atoms with Gasteiger partial charge < -0.3 is 10.1 Å². The quantitative estimate of drug-likeness (QED) is 0.915. The molecule has 0 saturated carbocycles. The Bertz CT molecular complexity index is 608. The molecule has 1 heterocycles. The fourth-order valence-electron chi connectivity index (χ4n) is 2.54. The van der Waals surface area contributed by atoms with Gasteiger partial charge in [-0.25, -0.2) is 0 Å². The molecule has 3 rings (SSSR count). The van der Waals surface area contributed by atoms with Crippen LogP contribution in [0.15, 0.2) is 30.3 Å². The summed E-state index contributed by atoms with van der Waals surface area (Å²) < 4.78 is 5.79. The van der Waals surface area contributed by atoms with Crippen LogP contribution in [0.4, 0.5) is 0 Å². The Morgan fingerprint density at radius 1 is 1.10 bits per heavy atom. The van der Waals surface area contributed by atoms with E-state index in [4.69, 9.17) is 4.74 Å². The van der Waals surface area contributed by atoms with Crippen molar-refractivity contribution < 1.29 is 4.74 Å². The molecule has 1 aliphatic carbocycles. The van der Waals surface area contributed by atoms with E-state index < -0.39 is 0 Å². The van der Waals surface area contributed by atoms with E-state index in [2.05, 4.69) is 41.5 Å². The SMILES string of the molecule is CC(C)NCc1ccc(Oc2ccc3c(c2)CCC3)nn1. The molecular weight excluding hydrogens is 262 g/mol. The van der Waals surface area contributed by atoms with Crippen LogP contribution in [0.5, 0.6) is 11.6 Å². The lowest BCUT2D eigenvalue weighted by Crippen LogP contribution is -2.22. The lowest BCUT2D eigenvalue weighted by atomic mass is 10.1. The van der Waals surface area contributed by atoms with Gasteiger partial charge in [0, 0.05) is 18.7 Å². The van der Waals surface area contributed by atoms with E-state index in [9.17, 15) is 0 Å². The minimum atomic E-state index is 0.439. The topological polar surface area (TPSA) is 47.0 Å². The first kappa shape index (κ1) is 14.0. The summed E-state index contributed by atoms with van der Waals surface area (Å²) in [5.41, 5.74) is 3.77. The van der Waals surface area contributed by atoms with Gasteiger partial charge in [0.1, 0.15) is 5.75 Å². The normalized spacial score (nSPS) is 13.5. The Morgan fingerprint density at radius 2 is 1.95 bits per heavy atom. The summed E-state index contributed by atoms with van der Waals surface area (Å²) in [7, 11) is 0. The standard InChI is InChI=1S/C17H21N3O/c1-12(2)18-11-15-7-9-17(20-19-15)21-16-8-6-13-4-3-5-14(13)10-16/h6-10,12,18H,3-5,11H2,1-2H3. The largest absolute Gasteiger partial charge is 0.438 e. The monoisotopic (exact) mass is 283 g/mol. The van der Waals surface area contributed by atoms with Crippen LogP contribution in [0.25, 0.3) is 0 Å². The van der Waals surface area contributed by atoms with Crippen LogP contribution in [0.1, 0.15) is 37.1 Å². The molecule has 0 unspecified atom stereocenters. The van der Waals surface area contributed by atoms with Gasteiger partial charge in [-0.05, 0) is 48.6 Å². The Labute approximate surface area is 125 Å². The van der Waals surface area contributed by atoms with Crippen molar-refractivity contribution in [2.75, 3.05) is 0 Å². The van der Waals surface area contributed by atoms with Crippen LogP contribution in [-0.2, 0) is 19.4 Å². The minimum absolute atomic E-state index is 0.439. The van der Waals surface area contributed by atoms with E-state index in [1.165, 1.54) is 24.0 Å². The van der Waals surface area contributed by atoms with Gasteiger partial charge in [-0.3, -0.25) is 0 Å². The average molecular weight is 283 g/mol. The Hall–Kier alpha value is -1.94. The highest BCUT2D eigenvalue weighted by Crippen LogP contribution is 2.28. The molecule has 1 N–H and O–H groups in total. The molecule has 0 amide bonds. The van der Waals surface area contributed by atoms with Crippen molar-refractivity contribution in [1.82, 2.24) is 15.5 Å². The van der Waals surface area contributed by atoms with E-state index in [1.807, 2.05) is 18.2 Å². The van der Waals surface area contributed by atoms with E-state index in [0.717, 1.165) is 24.4 Å². The highest BCUT2D eigenvalue weighted by molar-refractivity contribution is 5.39. The van der Waals surface area contributed by atoms with Gasteiger partial charge in [0.05, 0.1) is 5.69 Å². The first-order chi connectivity index (χ1) is 10.2. The predicted molar refractivity (Wildman–Crippen MR) is 82.5 cm³/mol. The number of rotatable bonds is 5. The second-order valence-corrected chi connectivity index (χ2v) is 5.78. The first-order valence-corrected chi connectivity index (χ1v) is 7.56. The number of nitrogens with zero attached hydrogens (tertiary/aromatic N) is 2. The summed E-state index contributed by atoms with van der Waals surface area (Å²) in [6.07, 6.45) is 3.58. The minimum Gasteiger partial charge on any atom is -0.438 e. The van der Waals surface area contributed by atoms with Crippen molar-refractivity contribution in [2.45, 2.75) is 45.7 Å². The number of hydrogen-bond donors (Lipinski definition) is 1. The molecule has 0 fully saturated rings. The third-order valence-electron chi connectivity index (χ3n) is 3.68. The molecule has 21 heavy (non-hydrogen) atoms. The zero-order valence-corrected chi connectivity index (χ0v) is 12.6. The third-order valence-corrected chi connectivity index (χ3v) is 3.68. The van der Waals surface area contributed by atoms with Crippen LogP contribution in [0.3, 0.4) is 0 Å². The zero-order valence-electron chi connectivity index (χ0n) is 12.6. The molecule has 1 aromatic heterocycles. The highest BCUT2D eigenvalue weighted by Gasteiger charge is 2.11. The molecule has 0 aliphatic heterocycles. The number of ether oxygens (including phenoxy) is 1. The fourth-order valence-corrected chi connectivity index (χ4v) is 2.54. The van der Waals surface area contributed by atoms with Crippen molar-refractivity contribution in [2.24, 2.45) is 0 Å². The Morgan fingerprint density at radius 3 is 2.71 bits per heavy atom. The van der Waals surface area contributed by atoms with Gasteiger partial charge in [-0.1, -0.05) is 19.9 Å². The number of aromatic nitrogens is 2. The lowest BCUT2D eigenvalue weighted by molar-refractivity contribution is 0.452. The summed E-state index contributed by atoms with van der Waals surface area (Å²) in [5.74, 6) is 1.39. The second kappa shape index (κ2) is 6.22. The van der Waals surface area contributed by atoms with Gasteiger partial charge in [0.25, 0.3) is 0 Å². The van der Waals surface area contributed by atoms with Gasteiger partial charge in [-0.15, -0.1) is 5.10 Å². The van der Waals surface area contributed by atoms with Crippen molar-refractivity contribution in [1.29, 1.82) is 0 Å². The molecule has 4 nitrogen and oxygen atoms in total. The smallest absolute Gasteiger partial charge is 0.238 e. The number of benzene rings is 1. The predicted octanol–water partition coefficient (Wildman–Crippen LogP) is 3.26. The van der Waals surface area contributed by atoms with E-state index >= 15 is 0 Å². The number of hydrogen-bond acceptors (Lipinski definition) is 4. The zero-order chi connectivity index (χ0) is 14.7. The molecule has 0 bridgehead atoms. The average Bonchev–Trinajstić information content (AvgIpc) is 2.94. The first-order valence-electron chi connectivity index (χ1n) is 7.56. The molecule has 1 aromatic carbocycles. The van der Waals surface area contributed by atoms with E-state index in [1.54, 1.807) is 0 Å². The van der Waals surface area contributed by atoms with E-state index in [0.29, 0.717) is 11.9 Å². The summed E-state index contributed by atoms with van der Waals surface area (Å²) in [5, 5.41) is 11.6. The Balaban J connectivity index is 1.65. The van der Waals surface area contributed by atoms with Crippen LogP contribution >= 0.6 is 0 Å². The molecule has 4 heteroatoms. The molecule has 0 radical (unpaired) electrons. The summed E-state index contributed by atoms with van der Waals surface area (Å²) >= 11 is 0. The molecule has 1 aliphatic rings. The van der Waals surface area contributed by atoms with Crippen LogP contribution in [0, 0.1) is 0 Å².